The molecule has 0 aliphatic rings. The molecular weight excluding hydrogens is 270 g/mol. The second kappa shape index (κ2) is 5.53. The number of amides is 1. The van der Waals surface area contributed by atoms with Crippen LogP contribution in [0.15, 0.2) is 49.1 Å². The molecule has 1 N–H and O–H groups in total. The molecule has 8 heteroatoms. The molecule has 0 aliphatic carbocycles. The van der Waals surface area contributed by atoms with Gasteiger partial charge < -0.3 is 5.32 Å². The Morgan fingerprint density at radius 2 is 2.24 bits per heavy atom. The fraction of sp³-hybridized carbons (Fsp3) is 0.154. The predicted molar refractivity (Wildman–Crippen MR) is 74.7 cm³/mol. The topological polar surface area (TPSA) is 90.5 Å². The first-order chi connectivity index (χ1) is 10.2. The highest BCUT2D eigenvalue weighted by atomic mass is 16.2. The summed E-state index contributed by atoms with van der Waals surface area (Å²) in [6.07, 6.45) is 4.89. The van der Waals surface area contributed by atoms with Crippen LogP contribution >= 0.6 is 0 Å². The van der Waals surface area contributed by atoms with Gasteiger partial charge in [-0.25, -0.2) is 4.68 Å². The molecule has 21 heavy (non-hydrogen) atoms. The van der Waals surface area contributed by atoms with Crippen molar-refractivity contribution >= 4 is 11.6 Å². The summed E-state index contributed by atoms with van der Waals surface area (Å²) in [5.74, 6) is -0.146. The van der Waals surface area contributed by atoms with E-state index in [9.17, 15) is 4.79 Å². The Morgan fingerprint density at radius 1 is 1.33 bits per heavy atom. The van der Waals surface area contributed by atoms with Crippen LogP contribution in [0.4, 0.5) is 5.69 Å². The Balaban J connectivity index is 1.76. The maximum Gasteiger partial charge on any atom is 0.248 e. The minimum Gasteiger partial charge on any atom is -0.324 e. The first-order valence-corrected chi connectivity index (χ1v) is 6.37. The minimum absolute atomic E-state index is 0.146. The second-order valence-corrected chi connectivity index (χ2v) is 4.46. The number of hydrogen-bond donors (Lipinski definition) is 1. The Labute approximate surface area is 120 Å². The molecule has 106 valence electrons. The smallest absolute Gasteiger partial charge is 0.248 e. The normalized spacial score (nSPS) is 12.0. The van der Waals surface area contributed by atoms with Gasteiger partial charge >= 0.3 is 0 Å². The van der Waals surface area contributed by atoms with Crippen molar-refractivity contribution in [3.05, 3.63) is 49.1 Å². The van der Waals surface area contributed by atoms with E-state index in [1.807, 2.05) is 18.2 Å². The lowest BCUT2D eigenvalue weighted by Crippen LogP contribution is -2.24. The first-order valence-electron chi connectivity index (χ1n) is 6.37. The number of aromatic nitrogens is 6. The molecule has 2 heterocycles. The van der Waals surface area contributed by atoms with Gasteiger partial charge in [0.2, 0.25) is 5.91 Å². The molecule has 0 radical (unpaired) electrons. The molecule has 0 saturated carbocycles. The van der Waals surface area contributed by atoms with Gasteiger partial charge in [-0.2, -0.15) is 5.10 Å². The van der Waals surface area contributed by atoms with E-state index in [1.165, 1.54) is 11.0 Å². The monoisotopic (exact) mass is 283 g/mol. The number of hydrogen-bond acceptors (Lipinski definition) is 5. The molecule has 1 atom stereocenters. The van der Waals surface area contributed by atoms with Gasteiger partial charge in [0.1, 0.15) is 12.4 Å². The summed E-state index contributed by atoms with van der Waals surface area (Å²) in [6.45, 7) is 1.79. The van der Waals surface area contributed by atoms with E-state index in [0.29, 0.717) is 5.69 Å². The van der Waals surface area contributed by atoms with Crippen molar-refractivity contribution in [1.82, 2.24) is 30.0 Å². The molecule has 2 aromatic heterocycles. The zero-order valence-electron chi connectivity index (χ0n) is 11.3. The molecule has 0 spiro atoms. The molecule has 1 aromatic carbocycles. The van der Waals surface area contributed by atoms with Crippen LogP contribution in [0.1, 0.15) is 13.0 Å². The van der Waals surface area contributed by atoms with Crippen LogP contribution < -0.4 is 5.32 Å². The number of nitrogens with one attached hydrogen (secondary N) is 1. The van der Waals surface area contributed by atoms with E-state index >= 15 is 0 Å². The van der Waals surface area contributed by atoms with Gasteiger partial charge in [0.25, 0.3) is 0 Å². The van der Waals surface area contributed by atoms with Gasteiger partial charge in [0.05, 0.1) is 5.69 Å². The largest absolute Gasteiger partial charge is 0.324 e. The first kappa shape index (κ1) is 13.0. The number of carbonyl (C=O) groups excluding carboxylic acids is 1. The highest BCUT2D eigenvalue weighted by Gasteiger charge is 2.15. The van der Waals surface area contributed by atoms with Crippen LogP contribution in [0.25, 0.3) is 5.69 Å². The quantitative estimate of drug-likeness (QED) is 0.773. The van der Waals surface area contributed by atoms with Gasteiger partial charge in [0, 0.05) is 18.1 Å². The molecule has 8 nitrogen and oxygen atoms in total. The highest BCUT2D eigenvalue weighted by Crippen LogP contribution is 2.15. The van der Waals surface area contributed by atoms with Crippen molar-refractivity contribution in [3.63, 3.8) is 0 Å². The van der Waals surface area contributed by atoms with Crippen molar-refractivity contribution in [3.8, 4) is 5.69 Å². The zero-order chi connectivity index (χ0) is 14.7. The number of anilines is 1. The number of rotatable bonds is 4. The third-order valence-electron chi connectivity index (χ3n) is 3.03. The molecule has 0 saturated heterocycles. The Bertz CT molecular complexity index is 721. The van der Waals surface area contributed by atoms with E-state index in [4.69, 9.17) is 0 Å². The molecular formula is C13H13N7O. The summed E-state index contributed by atoms with van der Waals surface area (Å²) in [6, 6.07) is 8.67. The van der Waals surface area contributed by atoms with Crippen molar-refractivity contribution in [2.45, 2.75) is 13.0 Å². The van der Waals surface area contributed by atoms with Crippen LogP contribution in [0.3, 0.4) is 0 Å². The number of nitrogens with zero attached hydrogens (tertiary/aromatic N) is 6. The lowest BCUT2D eigenvalue weighted by molar-refractivity contribution is -0.119. The minimum atomic E-state index is -0.392. The van der Waals surface area contributed by atoms with Gasteiger partial charge in [0.15, 0.2) is 0 Å². The maximum absolute atomic E-state index is 12.2. The van der Waals surface area contributed by atoms with Crippen LogP contribution in [0, 0.1) is 0 Å². The van der Waals surface area contributed by atoms with Gasteiger partial charge in [-0.1, -0.05) is 6.07 Å². The Morgan fingerprint density at radius 3 is 2.95 bits per heavy atom. The second-order valence-electron chi connectivity index (χ2n) is 4.46. The SMILES string of the molecule is CC(C(=O)Nc1cccc(-n2cnnn2)c1)n1cccn1. The summed E-state index contributed by atoms with van der Waals surface area (Å²) in [5.41, 5.74) is 1.44. The van der Waals surface area contributed by atoms with E-state index in [1.54, 1.807) is 36.1 Å². The summed E-state index contributed by atoms with van der Waals surface area (Å²) in [4.78, 5) is 12.2. The fourth-order valence-electron chi connectivity index (χ4n) is 1.88. The average Bonchev–Trinajstić information content (AvgIpc) is 3.20. The van der Waals surface area contributed by atoms with E-state index in [-0.39, 0.29) is 5.91 Å². The zero-order valence-corrected chi connectivity index (χ0v) is 11.3. The maximum atomic E-state index is 12.2. The van der Waals surface area contributed by atoms with Crippen molar-refractivity contribution in [1.29, 1.82) is 0 Å². The standard InChI is InChI=1S/C13H13N7O/c1-10(19-7-3-6-15-19)13(21)16-11-4-2-5-12(8-11)20-9-14-17-18-20/h2-10H,1H3,(H,16,21). The Hall–Kier alpha value is -3.03. The third kappa shape index (κ3) is 2.78. The number of carbonyl (C=O) groups is 1. The average molecular weight is 283 g/mol. The van der Waals surface area contributed by atoms with Crippen LogP contribution in [-0.2, 0) is 4.79 Å². The lowest BCUT2D eigenvalue weighted by atomic mass is 10.2. The van der Waals surface area contributed by atoms with Crippen LogP contribution in [0.2, 0.25) is 0 Å². The van der Waals surface area contributed by atoms with Crippen LogP contribution in [-0.4, -0.2) is 35.9 Å². The fourth-order valence-corrected chi connectivity index (χ4v) is 1.88. The summed E-state index contributed by atoms with van der Waals surface area (Å²) in [7, 11) is 0. The molecule has 0 aliphatic heterocycles. The number of tetrazole rings is 1. The molecule has 1 unspecified atom stereocenters. The van der Waals surface area contributed by atoms with Crippen molar-refractivity contribution < 1.29 is 4.79 Å². The molecule has 0 bridgehead atoms. The molecule has 3 rings (SSSR count). The molecule has 1 amide bonds. The van der Waals surface area contributed by atoms with Crippen molar-refractivity contribution in [2.24, 2.45) is 0 Å². The van der Waals surface area contributed by atoms with Gasteiger partial charge in [-0.3, -0.25) is 9.48 Å². The predicted octanol–water partition coefficient (Wildman–Crippen LogP) is 1.06. The molecule has 3 aromatic rings. The van der Waals surface area contributed by atoms with E-state index in [0.717, 1.165) is 5.69 Å². The van der Waals surface area contributed by atoms with E-state index in [2.05, 4.69) is 25.9 Å². The Kier molecular flexibility index (Phi) is 3.42. The van der Waals surface area contributed by atoms with Gasteiger partial charge in [-0.05, 0) is 41.6 Å². The molecule has 0 fully saturated rings. The highest BCUT2D eigenvalue weighted by molar-refractivity contribution is 5.93. The van der Waals surface area contributed by atoms with Gasteiger partial charge in [-0.15, -0.1) is 5.10 Å². The van der Waals surface area contributed by atoms with Crippen LogP contribution in [0.5, 0.6) is 0 Å². The summed E-state index contributed by atoms with van der Waals surface area (Å²) >= 11 is 0. The summed E-state index contributed by atoms with van der Waals surface area (Å²) in [5, 5.41) is 17.9. The van der Waals surface area contributed by atoms with Crippen molar-refractivity contribution in [2.75, 3.05) is 5.32 Å². The summed E-state index contributed by atoms with van der Waals surface area (Å²) < 4.78 is 3.12. The lowest BCUT2D eigenvalue weighted by Gasteiger charge is -2.13. The third-order valence-corrected chi connectivity index (χ3v) is 3.03. The van der Waals surface area contributed by atoms with E-state index < -0.39 is 6.04 Å². The number of benzene rings is 1.